The first-order chi connectivity index (χ1) is 19.4. The second-order valence-electron chi connectivity index (χ2n) is 12.5. The quantitative estimate of drug-likeness (QED) is 0.0719. The molecule has 39 heavy (non-hydrogen) atoms. The molecule has 0 aliphatic carbocycles. The fraction of sp³-hybridized carbons (Fsp3) is 1.00. The lowest BCUT2D eigenvalue weighted by molar-refractivity contribution is 0.111. The summed E-state index contributed by atoms with van der Waals surface area (Å²) >= 11 is 0. The van der Waals surface area contributed by atoms with Crippen LogP contribution in [0.4, 0.5) is 0 Å². The zero-order valence-electron chi connectivity index (χ0n) is 27.6. The molecule has 0 aromatic rings. The van der Waals surface area contributed by atoms with Crippen LogP contribution in [0.2, 0.25) is 0 Å². The Balaban J connectivity index is 3.01. The third kappa shape index (κ3) is 37.9. The fourth-order valence-electron chi connectivity index (χ4n) is 5.59. The predicted octanol–water partition coefficient (Wildman–Crippen LogP) is 13.2. The Morgan fingerprint density at radius 2 is 0.359 bits per heavy atom. The van der Waals surface area contributed by atoms with Crippen molar-refractivity contribution < 1.29 is 9.47 Å². The summed E-state index contributed by atoms with van der Waals surface area (Å²) in [6, 6.07) is 0. The van der Waals surface area contributed by atoms with Crippen LogP contribution in [-0.2, 0) is 9.47 Å². The SMILES string of the molecule is CCCCCCCCCCCCCCCCOCCCCCOCCCCCCCCCCCCCCCC. The zero-order valence-corrected chi connectivity index (χ0v) is 27.6. The van der Waals surface area contributed by atoms with Gasteiger partial charge in [0, 0.05) is 26.4 Å². The van der Waals surface area contributed by atoms with E-state index in [1.165, 1.54) is 199 Å². The first-order valence-electron chi connectivity index (χ1n) is 18.6. The van der Waals surface area contributed by atoms with Gasteiger partial charge in [-0.05, 0) is 32.1 Å². The molecule has 0 saturated heterocycles. The summed E-state index contributed by atoms with van der Waals surface area (Å²) in [5.41, 5.74) is 0. The van der Waals surface area contributed by atoms with Crippen molar-refractivity contribution in [3.8, 4) is 0 Å². The molecule has 0 aliphatic rings. The van der Waals surface area contributed by atoms with Gasteiger partial charge in [-0.3, -0.25) is 0 Å². The summed E-state index contributed by atoms with van der Waals surface area (Å²) in [6.07, 6.45) is 43.4. The number of rotatable bonds is 36. The zero-order chi connectivity index (χ0) is 28.2. The van der Waals surface area contributed by atoms with E-state index >= 15 is 0 Å². The molecule has 0 amide bonds. The van der Waals surface area contributed by atoms with Crippen LogP contribution in [0, 0.1) is 0 Å². The average molecular weight is 553 g/mol. The highest BCUT2D eigenvalue weighted by Crippen LogP contribution is 2.14. The van der Waals surface area contributed by atoms with E-state index in [1.807, 2.05) is 0 Å². The van der Waals surface area contributed by atoms with Crippen molar-refractivity contribution in [3.05, 3.63) is 0 Å². The summed E-state index contributed by atoms with van der Waals surface area (Å²) in [6.45, 7) is 8.41. The van der Waals surface area contributed by atoms with Crippen molar-refractivity contribution in [3.63, 3.8) is 0 Å². The van der Waals surface area contributed by atoms with Crippen LogP contribution in [-0.4, -0.2) is 26.4 Å². The van der Waals surface area contributed by atoms with E-state index in [9.17, 15) is 0 Å². The average Bonchev–Trinajstić information content (AvgIpc) is 2.95. The van der Waals surface area contributed by atoms with Gasteiger partial charge in [0.25, 0.3) is 0 Å². The van der Waals surface area contributed by atoms with Crippen molar-refractivity contribution in [2.45, 2.75) is 213 Å². The van der Waals surface area contributed by atoms with E-state index in [2.05, 4.69) is 13.8 Å². The van der Waals surface area contributed by atoms with E-state index in [0.29, 0.717) is 0 Å². The molecule has 0 heterocycles. The number of ether oxygens (including phenoxy) is 2. The third-order valence-electron chi connectivity index (χ3n) is 8.36. The van der Waals surface area contributed by atoms with Crippen molar-refractivity contribution in [1.29, 1.82) is 0 Å². The Morgan fingerprint density at radius 1 is 0.205 bits per heavy atom. The summed E-state index contributed by atoms with van der Waals surface area (Å²) in [5.74, 6) is 0. The van der Waals surface area contributed by atoms with E-state index in [0.717, 1.165) is 26.4 Å². The molecule has 0 aliphatic heterocycles. The van der Waals surface area contributed by atoms with E-state index in [1.54, 1.807) is 0 Å². The largest absolute Gasteiger partial charge is 0.381 e. The molecular weight excluding hydrogens is 476 g/mol. The van der Waals surface area contributed by atoms with Crippen LogP contribution >= 0.6 is 0 Å². The van der Waals surface area contributed by atoms with Gasteiger partial charge >= 0.3 is 0 Å². The minimum absolute atomic E-state index is 0.942. The van der Waals surface area contributed by atoms with E-state index in [-0.39, 0.29) is 0 Å². The fourth-order valence-corrected chi connectivity index (χ4v) is 5.59. The molecule has 0 aromatic heterocycles. The highest BCUT2D eigenvalue weighted by Gasteiger charge is 1.97. The summed E-state index contributed by atoms with van der Waals surface area (Å²) in [5, 5.41) is 0. The van der Waals surface area contributed by atoms with Gasteiger partial charge in [-0.25, -0.2) is 0 Å². The van der Waals surface area contributed by atoms with Gasteiger partial charge in [0.1, 0.15) is 0 Å². The summed E-state index contributed by atoms with van der Waals surface area (Å²) < 4.78 is 11.7. The Morgan fingerprint density at radius 3 is 0.564 bits per heavy atom. The number of hydrogen-bond acceptors (Lipinski definition) is 2. The van der Waals surface area contributed by atoms with Gasteiger partial charge < -0.3 is 9.47 Å². The monoisotopic (exact) mass is 553 g/mol. The minimum atomic E-state index is 0.942. The van der Waals surface area contributed by atoms with Gasteiger partial charge in [-0.15, -0.1) is 0 Å². The Labute approximate surface area is 248 Å². The topological polar surface area (TPSA) is 18.5 Å². The maximum atomic E-state index is 5.84. The van der Waals surface area contributed by atoms with Crippen LogP contribution in [0.1, 0.15) is 213 Å². The van der Waals surface area contributed by atoms with Crippen molar-refractivity contribution in [1.82, 2.24) is 0 Å². The molecule has 236 valence electrons. The number of unbranched alkanes of at least 4 members (excludes halogenated alkanes) is 28. The van der Waals surface area contributed by atoms with Gasteiger partial charge in [-0.2, -0.15) is 0 Å². The normalized spacial score (nSPS) is 11.5. The van der Waals surface area contributed by atoms with Crippen LogP contribution in [0.3, 0.4) is 0 Å². The molecule has 0 saturated carbocycles. The second kappa shape index (κ2) is 37.9. The highest BCUT2D eigenvalue weighted by atomic mass is 16.5. The molecule has 0 atom stereocenters. The molecule has 0 rings (SSSR count). The standard InChI is InChI=1S/C37H76O2/c1-3-5-7-9-11-13-15-17-19-21-23-25-27-30-34-38-36-32-29-33-37-39-35-31-28-26-24-22-20-18-16-14-12-10-8-6-4-2/h3-37H2,1-2H3. The Hall–Kier alpha value is -0.0800. The lowest BCUT2D eigenvalue weighted by atomic mass is 10.0. The summed E-state index contributed by atoms with van der Waals surface area (Å²) in [4.78, 5) is 0. The van der Waals surface area contributed by atoms with Gasteiger partial charge in [0.05, 0.1) is 0 Å². The third-order valence-corrected chi connectivity index (χ3v) is 8.36. The van der Waals surface area contributed by atoms with Gasteiger partial charge in [0.15, 0.2) is 0 Å². The molecular formula is C37H76O2. The van der Waals surface area contributed by atoms with Gasteiger partial charge in [0.2, 0.25) is 0 Å². The maximum absolute atomic E-state index is 5.84. The Kier molecular flexibility index (Phi) is 37.8. The molecule has 0 N–H and O–H groups in total. The van der Waals surface area contributed by atoms with Crippen molar-refractivity contribution in [2.75, 3.05) is 26.4 Å². The van der Waals surface area contributed by atoms with Crippen LogP contribution in [0.5, 0.6) is 0 Å². The molecule has 0 bridgehead atoms. The molecule has 0 aromatic carbocycles. The van der Waals surface area contributed by atoms with Crippen molar-refractivity contribution >= 4 is 0 Å². The molecule has 0 radical (unpaired) electrons. The van der Waals surface area contributed by atoms with Crippen LogP contribution < -0.4 is 0 Å². The Bertz CT molecular complexity index is 361. The molecule has 2 heteroatoms. The maximum Gasteiger partial charge on any atom is 0.0466 e. The van der Waals surface area contributed by atoms with Crippen LogP contribution in [0.25, 0.3) is 0 Å². The molecule has 0 fully saturated rings. The first kappa shape index (κ1) is 38.9. The van der Waals surface area contributed by atoms with Crippen molar-refractivity contribution in [2.24, 2.45) is 0 Å². The molecule has 0 spiro atoms. The van der Waals surface area contributed by atoms with Gasteiger partial charge in [-0.1, -0.05) is 181 Å². The predicted molar refractivity (Wildman–Crippen MR) is 176 cm³/mol. The van der Waals surface area contributed by atoms with E-state index < -0.39 is 0 Å². The smallest absolute Gasteiger partial charge is 0.0466 e. The van der Waals surface area contributed by atoms with Crippen LogP contribution in [0.15, 0.2) is 0 Å². The minimum Gasteiger partial charge on any atom is -0.381 e. The second-order valence-corrected chi connectivity index (χ2v) is 12.5. The highest BCUT2D eigenvalue weighted by molar-refractivity contribution is 4.51. The molecule has 0 unspecified atom stereocenters. The summed E-state index contributed by atoms with van der Waals surface area (Å²) in [7, 11) is 0. The lowest BCUT2D eigenvalue weighted by Gasteiger charge is -2.06. The molecule has 2 nitrogen and oxygen atoms in total. The van der Waals surface area contributed by atoms with E-state index in [4.69, 9.17) is 9.47 Å². The first-order valence-corrected chi connectivity index (χ1v) is 18.6. The number of hydrogen-bond donors (Lipinski definition) is 0. The lowest BCUT2D eigenvalue weighted by Crippen LogP contribution is -2.00.